The lowest BCUT2D eigenvalue weighted by Crippen LogP contribution is -2.27. The third-order valence-electron chi connectivity index (χ3n) is 8.63. The topological polar surface area (TPSA) is 111 Å². The molecule has 0 aliphatic rings. The van der Waals surface area contributed by atoms with Gasteiger partial charge in [0.2, 0.25) is 0 Å². The van der Waals surface area contributed by atoms with Crippen molar-refractivity contribution in [2.75, 3.05) is 152 Å². The van der Waals surface area contributed by atoms with Crippen molar-refractivity contribution >= 4 is 8.32 Å². The maximum absolute atomic E-state index is 5.73. The Morgan fingerprint density at radius 1 is 0.214 bits per heavy atom. The summed E-state index contributed by atoms with van der Waals surface area (Å²) in [5.74, 6) is 0. The highest BCUT2D eigenvalue weighted by Crippen LogP contribution is 2.13. The Kier molecular flexibility index (Phi) is 48.9. The lowest BCUT2D eigenvalue weighted by atomic mass is 10.0. The van der Waals surface area contributed by atoms with Crippen LogP contribution in [0.3, 0.4) is 0 Å². The summed E-state index contributed by atoms with van der Waals surface area (Å²) in [6, 6.07) is 0. The Balaban J connectivity index is 3.06. The predicted octanol–water partition coefficient (Wildman–Crippen LogP) is 8.28. The summed E-state index contributed by atoms with van der Waals surface area (Å²) in [6.07, 6.45) is 22.2. The molecule has 0 heterocycles. The molecule has 0 atom stereocenters. The van der Waals surface area contributed by atoms with Crippen LogP contribution >= 0.6 is 0 Å². The summed E-state index contributed by atoms with van der Waals surface area (Å²) in [5.41, 5.74) is 0. The quantitative estimate of drug-likeness (QED) is 0.0435. The van der Waals surface area contributed by atoms with Crippen LogP contribution in [0.1, 0.15) is 110 Å². The van der Waals surface area contributed by atoms with Gasteiger partial charge in [0.25, 0.3) is 0 Å². The van der Waals surface area contributed by atoms with E-state index in [1.54, 1.807) is 0 Å². The minimum Gasteiger partial charge on any atom is -0.415 e. The minimum absolute atomic E-state index is 0.522. The van der Waals surface area contributed by atoms with E-state index in [0.717, 1.165) is 13.0 Å². The number of unbranched alkanes of at least 4 members (excludes halogenated alkanes) is 15. The molecule has 0 aromatic rings. The van der Waals surface area contributed by atoms with Gasteiger partial charge in [0.15, 0.2) is 8.32 Å². The molecular weight excluding hydrogens is 737 g/mol. The molecule has 0 aromatic heterocycles. The molecule has 0 amide bonds. The van der Waals surface area contributed by atoms with Crippen molar-refractivity contribution in [3.63, 3.8) is 0 Å². The van der Waals surface area contributed by atoms with E-state index in [1.165, 1.54) is 96.3 Å². The average Bonchev–Trinajstić information content (AvgIpc) is 3.18. The van der Waals surface area contributed by atoms with Crippen LogP contribution in [-0.4, -0.2) is 160 Å². The molecule has 0 fully saturated rings. The second kappa shape index (κ2) is 49.1. The van der Waals surface area contributed by atoms with Gasteiger partial charge < -0.3 is 56.5 Å². The van der Waals surface area contributed by atoms with Crippen molar-refractivity contribution in [3.8, 4) is 0 Å². The lowest BCUT2D eigenvalue weighted by Gasteiger charge is -2.16. The Morgan fingerprint density at radius 2 is 0.393 bits per heavy atom. The van der Waals surface area contributed by atoms with Crippen LogP contribution in [0.2, 0.25) is 19.6 Å². The summed E-state index contributed by atoms with van der Waals surface area (Å²) < 4.78 is 66.6. The Bertz CT molecular complexity index is 704. The van der Waals surface area contributed by atoms with E-state index >= 15 is 0 Å². The molecule has 0 aliphatic carbocycles. The zero-order chi connectivity index (χ0) is 40.6. The zero-order valence-corrected chi connectivity index (χ0v) is 38.0. The van der Waals surface area contributed by atoms with Gasteiger partial charge in [0.05, 0.1) is 145 Å². The summed E-state index contributed by atoms with van der Waals surface area (Å²) in [4.78, 5) is 0. The molecular formula is C43H90O12Si. The van der Waals surface area contributed by atoms with Crippen LogP contribution in [0.25, 0.3) is 0 Å². The molecule has 0 radical (unpaired) electrons. The van der Waals surface area contributed by atoms with Gasteiger partial charge in [-0.1, -0.05) is 103 Å². The minimum atomic E-state index is -1.45. The maximum atomic E-state index is 5.73. The van der Waals surface area contributed by atoms with Crippen LogP contribution in [-0.2, 0) is 56.5 Å². The largest absolute Gasteiger partial charge is 0.415 e. The normalized spacial score (nSPS) is 12.0. The Labute approximate surface area is 345 Å². The highest BCUT2D eigenvalue weighted by molar-refractivity contribution is 6.69. The summed E-state index contributed by atoms with van der Waals surface area (Å²) >= 11 is 0. The van der Waals surface area contributed by atoms with Crippen molar-refractivity contribution in [1.29, 1.82) is 0 Å². The fourth-order valence-electron chi connectivity index (χ4n) is 5.46. The van der Waals surface area contributed by atoms with Gasteiger partial charge >= 0.3 is 0 Å². The first-order chi connectivity index (χ1) is 27.6. The fourth-order valence-corrected chi connectivity index (χ4v) is 6.16. The number of ether oxygens (including phenoxy) is 11. The van der Waals surface area contributed by atoms with Crippen LogP contribution < -0.4 is 0 Å². The summed E-state index contributed by atoms with van der Waals surface area (Å²) in [6.45, 7) is 21.8. The van der Waals surface area contributed by atoms with E-state index in [2.05, 4.69) is 26.6 Å². The number of hydrogen-bond donors (Lipinski definition) is 0. The molecule has 0 N–H and O–H groups in total. The van der Waals surface area contributed by atoms with Crippen LogP contribution in [0.4, 0.5) is 0 Å². The predicted molar refractivity (Wildman–Crippen MR) is 228 cm³/mol. The molecule has 0 aliphatic heterocycles. The van der Waals surface area contributed by atoms with E-state index < -0.39 is 8.32 Å². The first-order valence-electron chi connectivity index (χ1n) is 22.6. The lowest BCUT2D eigenvalue weighted by molar-refractivity contribution is -0.0277. The maximum Gasteiger partial charge on any atom is 0.183 e. The van der Waals surface area contributed by atoms with Gasteiger partial charge in [0.1, 0.15) is 0 Å². The smallest absolute Gasteiger partial charge is 0.183 e. The number of rotatable bonds is 51. The third-order valence-corrected chi connectivity index (χ3v) is 9.70. The SMILES string of the molecule is CCCCCCCCCCCCCCCCCCOCCOCCOCCOCCOCCOCCOCCOCCOCCOCCOCCO[Si](C)(C)C. The molecule has 12 nitrogen and oxygen atoms in total. The standard InChI is InChI=1S/C43H90O12Si/c1-5-6-7-8-9-10-11-12-13-14-15-16-17-18-19-20-21-44-22-23-45-24-25-46-26-27-47-28-29-48-30-31-49-32-33-50-34-35-51-36-37-52-38-39-53-40-41-54-42-43-55-56(2,3)4/h5-43H2,1-4H3. The van der Waals surface area contributed by atoms with Crippen molar-refractivity contribution in [2.24, 2.45) is 0 Å². The van der Waals surface area contributed by atoms with Gasteiger partial charge in [0, 0.05) is 6.61 Å². The monoisotopic (exact) mass is 827 g/mol. The second-order valence-corrected chi connectivity index (χ2v) is 19.5. The van der Waals surface area contributed by atoms with Crippen LogP contribution in [0, 0.1) is 0 Å². The molecule has 0 saturated carbocycles. The van der Waals surface area contributed by atoms with E-state index in [0.29, 0.717) is 145 Å². The molecule has 0 rings (SSSR count). The van der Waals surface area contributed by atoms with Gasteiger partial charge in [-0.2, -0.15) is 0 Å². The fraction of sp³-hybridized carbons (Fsp3) is 1.00. The molecule has 0 bridgehead atoms. The first-order valence-corrected chi connectivity index (χ1v) is 26.0. The molecule has 338 valence electrons. The van der Waals surface area contributed by atoms with Crippen LogP contribution in [0.15, 0.2) is 0 Å². The Morgan fingerprint density at radius 3 is 0.607 bits per heavy atom. The van der Waals surface area contributed by atoms with Crippen molar-refractivity contribution in [3.05, 3.63) is 0 Å². The van der Waals surface area contributed by atoms with E-state index in [1.807, 2.05) is 0 Å². The van der Waals surface area contributed by atoms with Crippen molar-refractivity contribution < 1.29 is 56.5 Å². The second-order valence-electron chi connectivity index (χ2n) is 15.0. The Hall–Kier alpha value is -0.263. The van der Waals surface area contributed by atoms with Gasteiger partial charge in [-0.3, -0.25) is 0 Å². The van der Waals surface area contributed by atoms with Crippen molar-refractivity contribution in [2.45, 2.75) is 129 Å². The molecule has 0 saturated heterocycles. The van der Waals surface area contributed by atoms with Gasteiger partial charge in [-0.05, 0) is 26.1 Å². The summed E-state index contributed by atoms with van der Waals surface area (Å²) in [5, 5.41) is 0. The third kappa shape index (κ3) is 53.7. The first kappa shape index (κ1) is 55.7. The van der Waals surface area contributed by atoms with E-state index in [-0.39, 0.29) is 0 Å². The van der Waals surface area contributed by atoms with Gasteiger partial charge in [-0.25, -0.2) is 0 Å². The summed E-state index contributed by atoms with van der Waals surface area (Å²) in [7, 11) is -1.45. The molecule has 0 aromatic carbocycles. The zero-order valence-electron chi connectivity index (χ0n) is 37.0. The number of hydrogen-bond acceptors (Lipinski definition) is 12. The van der Waals surface area contributed by atoms with Crippen molar-refractivity contribution in [1.82, 2.24) is 0 Å². The molecule has 0 spiro atoms. The van der Waals surface area contributed by atoms with Crippen LogP contribution in [0.5, 0.6) is 0 Å². The average molecular weight is 827 g/mol. The highest BCUT2D eigenvalue weighted by atomic mass is 28.4. The van der Waals surface area contributed by atoms with E-state index in [9.17, 15) is 0 Å². The van der Waals surface area contributed by atoms with E-state index in [4.69, 9.17) is 56.5 Å². The molecule has 0 unspecified atom stereocenters. The molecule has 56 heavy (non-hydrogen) atoms. The van der Waals surface area contributed by atoms with Gasteiger partial charge in [-0.15, -0.1) is 0 Å². The highest BCUT2D eigenvalue weighted by Gasteiger charge is 2.13. The molecule has 13 heteroatoms.